The smallest absolute Gasteiger partial charge is 0.338 e. The lowest BCUT2D eigenvalue weighted by molar-refractivity contribution is -0.139. The Morgan fingerprint density at radius 2 is 1.76 bits per heavy atom. The van der Waals surface area contributed by atoms with Gasteiger partial charge in [-0.1, -0.05) is 36.7 Å². The molecule has 0 aromatic heterocycles. The second-order valence-electron chi connectivity index (χ2n) is 7.47. The predicted molar refractivity (Wildman–Crippen MR) is 128 cm³/mol. The molecule has 1 aliphatic heterocycles. The third kappa shape index (κ3) is 5.84. The molecule has 2 aromatic rings. The van der Waals surface area contributed by atoms with Gasteiger partial charge in [-0.15, -0.1) is 0 Å². The van der Waals surface area contributed by atoms with Crippen LogP contribution in [0.4, 0.5) is 21.0 Å². The highest BCUT2D eigenvalue weighted by atomic mass is 35.5. The number of esters is 1. The summed E-state index contributed by atoms with van der Waals surface area (Å²) in [5.74, 6) is -0.488. The Balaban J connectivity index is 1.86. The van der Waals surface area contributed by atoms with Crippen molar-refractivity contribution in [3.63, 3.8) is 0 Å². The van der Waals surface area contributed by atoms with E-state index in [0.717, 1.165) is 6.42 Å². The topological polar surface area (TPSA) is 99.8 Å². The highest BCUT2D eigenvalue weighted by molar-refractivity contribution is 6.30. The molecular weight excluding hydrogens is 444 g/mol. The molecule has 0 saturated heterocycles. The summed E-state index contributed by atoms with van der Waals surface area (Å²) < 4.78 is 5.27. The number of anilines is 2. The molecule has 1 unspecified atom stereocenters. The summed E-state index contributed by atoms with van der Waals surface area (Å²) in [7, 11) is 0. The summed E-state index contributed by atoms with van der Waals surface area (Å²) in [5.41, 5.74) is 2.61. The first-order chi connectivity index (χ1) is 15.8. The molecule has 0 saturated carbocycles. The van der Waals surface area contributed by atoms with Gasteiger partial charge in [0, 0.05) is 28.6 Å². The molecule has 174 valence electrons. The van der Waals surface area contributed by atoms with Crippen LogP contribution < -0.4 is 16.0 Å². The van der Waals surface area contributed by atoms with Gasteiger partial charge in [0.25, 0.3) is 0 Å². The average Bonchev–Trinajstić information content (AvgIpc) is 2.76. The Hall–Kier alpha value is -3.52. The molecule has 33 heavy (non-hydrogen) atoms. The van der Waals surface area contributed by atoms with E-state index in [1.807, 2.05) is 6.92 Å². The molecule has 8 nitrogen and oxygen atoms in total. The monoisotopic (exact) mass is 470 g/mol. The van der Waals surface area contributed by atoms with E-state index in [2.05, 4.69) is 16.0 Å². The quantitative estimate of drug-likeness (QED) is 0.478. The van der Waals surface area contributed by atoms with Gasteiger partial charge in [-0.3, -0.25) is 4.90 Å². The molecular formula is C24H27ClN4O4. The van der Waals surface area contributed by atoms with E-state index in [9.17, 15) is 14.4 Å². The number of nitrogens with one attached hydrogen (secondary N) is 3. The molecule has 0 aliphatic carbocycles. The third-order valence-electron chi connectivity index (χ3n) is 5.10. The van der Waals surface area contributed by atoms with Crippen molar-refractivity contribution in [1.29, 1.82) is 0 Å². The van der Waals surface area contributed by atoms with Crippen LogP contribution in [0, 0.1) is 0 Å². The van der Waals surface area contributed by atoms with Gasteiger partial charge in [-0.2, -0.15) is 0 Å². The second kappa shape index (κ2) is 10.9. The van der Waals surface area contributed by atoms with Crippen molar-refractivity contribution >= 4 is 41.0 Å². The Bertz CT molecular complexity index is 1090. The maximum absolute atomic E-state index is 12.8. The fourth-order valence-electron chi connectivity index (χ4n) is 3.65. The molecule has 0 fully saturated rings. The molecule has 1 aliphatic rings. The van der Waals surface area contributed by atoms with Crippen molar-refractivity contribution in [3.8, 4) is 0 Å². The lowest BCUT2D eigenvalue weighted by atomic mass is 9.94. The van der Waals surface area contributed by atoms with Gasteiger partial charge >= 0.3 is 18.0 Å². The molecule has 1 heterocycles. The highest BCUT2D eigenvalue weighted by Gasteiger charge is 2.36. The summed E-state index contributed by atoms with van der Waals surface area (Å²) in [5, 5.41) is 8.88. The van der Waals surface area contributed by atoms with E-state index in [1.165, 1.54) is 0 Å². The summed E-state index contributed by atoms with van der Waals surface area (Å²) in [6.07, 6.45) is 0.743. The van der Waals surface area contributed by atoms with Gasteiger partial charge in [0.1, 0.15) is 0 Å². The van der Waals surface area contributed by atoms with Crippen molar-refractivity contribution in [2.45, 2.75) is 33.2 Å². The average molecular weight is 471 g/mol. The van der Waals surface area contributed by atoms with Gasteiger partial charge < -0.3 is 20.7 Å². The number of hydrogen-bond acceptors (Lipinski definition) is 4. The van der Waals surface area contributed by atoms with Crippen LogP contribution in [0.3, 0.4) is 0 Å². The number of carbonyl (C=O) groups excluding carboxylic acids is 3. The minimum absolute atomic E-state index is 0.218. The molecule has 1 atom stereocenters. The Morgan fingerprint density at radius 3 is 2.39 bits per heavy atom. The SMILES string of the molecule is CCCN1C(=O)NC(c2cccc(NC(=O)Nc3cccc(Cl)c3)c2)C(C(=O)OCC)=C1C. The van der Waals surface area contributed by atoms with Crippen molar-refractivity contribution in [1.82, 2.24) is 10.2 Å². The number of hydrogen-bond donors (Lipinski definition) is 3. The minimum atomic E-state index is -0.706. The number of rotatable bonds is 7. The van der Waals surface area contributed by atoms with Gasteiger partial charge in [0.2, 0.25) is 0 Å². The van der Waals surface area contributed by atoms with E-state index < -0.39 is 18.0 Å². The van der Waals surface area contributed by atoms with Crippen molar-refractivity contribution < 1.29 is 19.1 Å². The van der Waals surface area contributed by atoms with Crippen LogP contribution in [0.25, 0.3) is 0 Å². The highest BCUT2D eigenvalue weighted by Crippen LogP contribution is 2.32. The fraction of sp³-hybridized carbons (Fsp3) is 0.292. The second-order valence-corrected chi connectivity index (χ2v) is 7.91. The molecule has 0 bridgehead atoms. The number of allylic oxidation sites excluding steroid dienone is 1. The molecule has 3 rings (SSSR count). The zero-order valence-electron chi connectivity index (χ0n) is 18.8. The zero-order chi connectivity index (χ0) is 24.0. The van der Waals surface area contributed by atoms with Gasteiger partial charge in [0.05, 0.1) is 18.2 Å². The first kappa shape index (κ1) is 24.1. The normalized spacial score (nSPS) is 15.7. The van der Waals surface area contributed by atoms with Crippen LogP contribution in [-0.4, -0.2) is 36.1 Å². The van der Waals surface area contributed by atoms with Crippen molar-refractivity contribution in [2.75, 3.05) is 23.8 Å². The van der Waals surface area contributed by atoms with Crippen LogP contribution in [0.5, 0.6) is 0 Å². The van der Waals surface area contributed by atoms with E-state index in [-0.39, 0.29) is 12.6 Å². The standard InChI is InChI=1S/C24H27ClN4O4/c1-4-12-29-15(3)20(22(30)33-5-2)21(28-24(29)32)16-8-6-10-18(13-16)26-23(31)27-19-11-7-9-17(25)14-19/h6-11,13-14,21H,4-5,12H2,1-3H3,(H,28,32)(H2,26,27,31). The number of nitrogens with zero attached hydrogens (tertiary/aromatic N) is 1. The van der Waals surface area contributed by atoms with Crippen LogP contribution in [0.1, 0.15) is 38.8 Å². The van der Waals surface area contributed by atoms with Crippen molar-refractivity contribution in [3.05, 3.63) is 70.4 Å². The summed E-state index contributed by atoms with van der Waals surface area (Å²) in [6, 6.07) is 12.3. The summed E-state index contributed by atoms with van der Waals surface area (Å²) >= 11 is 5.96. The van der Waals surface area contributed by atoms with Gasteiger partial charge in [-0.05, 0) is 56.2 Å². The molecule has 4 amide bonds. The van der Waals surface area contributed by atoms with Crippen LogP contribution in [0.15, 0.2) is 59.8 Å². The minimum Gasteiger partial charge on any atom is -0.463 e. The van der Waals surface area contributed by atoms with Crippen LogP contribution in [-0.2, 0) is 9.53 Å². The number of benzene rings is 2. The van der Waals surface area contributed by atoms with Crippen molar-refractivity contribution in [2.24, 2.45) is 0 Å². The number of ether oxygens (including phenoxy) is 1. The molecule has 3 N–H and O–H groups in total. The first-order valence-electron chi connectivity index (χ1n) is 10.7. The fourth-order valence-corrected chi connectivity index (χ4v) is 3.84. The maximum atomic E-state index is 12.8. The Kier molecular flexibility index (Phi) is 7.95. The summed E-state index contributed by atoms with van der Waals surface area (Å²) in [4.78, 5) is 39.5. The molecule has 0 spiro atoms. The largest absolute Gasteiger partial charge is 0.463 e. The number of urea groups is 2. The van der Waals surface area contributed by atoms with E-state index in [1.54, 1.807) is 67.3 Å². The molecule has 2 aromatic carbocycles. The Labute approximate surface area is 197 Å². The van der Waals surface area contributed by atoms with E-state index in [0.29, 0.717) is 39.8 Å². The first-order valence-corrected chi connectivity index (χ1v) is 11.1. The van der Waals surface area contributed by atoms with E-state index >= 15 is 0 Å². The summed E-state index contributed by atoms with van der Waals surface area (Å²) in [6.45, 7) is 6.14. The third-order valence-corrected chi connectivity index (χ3v) is 5.33. The Morgan fingerprint density at radius 1 is 1.09 bits per heavy atom. The maximum Gasteiger partial charge on any atom is 0.338 e. The zero-order valence-corrected chi connectivity index (χ0v) is 19.5. The number of carbonyl (C=O) groups is 3. The number of halogens is 1. The van der Waals surface area contributed by atoms with Gasteiger partial charge in [0.15, 0.2) is 0 Å². The lowest BCUT2D eigenvalue weighted by Gasteiger charge is -2.35. The predicted octanol–water partition coefficient (Wildman–Crippen LogP) is 5.30. The van der Waals surface area contributed by atoms with E-state index in [4.69, 9.17) is 16.3 Å². The molecule has 9 heteroatoms. The van der Waals surface area contributed by atoms with Crippen LogP contribution >= 0.6 is 11.6 Å². The molecule has 0 radical (unpaired) electrons. The van der Waals surface area contributed by atoms with Crippen LogP contribution in [0.2, 0.25) is 5.02 Å². The number of amides is 4. The van der Waals surface area contributed by atoms with Gasteiger partial charge in [-0.25, -0.2) is 14.4 Å². The lowest BCUT2D eigenvalue weighted by Crippen LogP contribution is -2.48.